The number of nitrogens with zero attached hydrogens (tertiary/aromatic N) is 1. The summed E-state index contributed by atoms with van der Waals surface area (Å²) >= 11 is 6.08. The number of benzene rings is 2. The molecule has 3 rings (SSSR count). The number of fused-ring (bicyclic) bond motifs is 1. The molecule has 0 aliphatic carbocycles. The van der Waals surface area contributed by atoms with Gasteiger partial charge < -0.3 is 10.2 Å². The van der Waals surface area contributed by atoms with E-state index >= 15 is 0 Å². The molecule has 1 heterocycles. The van der Waals surface area contributed by atoms with Crippen molar-refractivity contribution in [3.63, 3.8) is 0 Å². The van der Waals surface area contributed by atoms with Gasteiger partial charge in [0.05, 0.1) is 23.2 Å². The molecule has 24 heavy (non-hydrogen) atoms. The number of rotatable bonds is 3. The predicted octanol–water partition coefficient (Wildman–Crippen LogP) is 4.24. The number of nitrogens with one attached hydrogen (secondary N) is 1. The van der Waals surface area contributed by atoms with Crippen LogP contribution in [0.25, 0.3) is 6.08 Å². The van der Waals surface area contributed by atoms with Crippen molar-refractivity contribution in [2.45, 2.75) is 19.4 Å². The zero-order valence-electron chi connectivity index (χ0n) is 13.2. The molecular weight excluding hydrogens is 324 g/mol. The summed E-state index contributed by atoms with van der Waals surface area (Å²) in [5.41, 5.74) is 2.55. The second kappa shape index (κ2) is 6.89. The molecule has 0 unspecified atom stereocenters. The summed E-state index contributed by atoms with van der Waals surface area (Å²) in [5.74, 6) is -0.291. The molecule has 1 aliphatic rings. The Hall–Kier alpha value is -2.59. The van der Waals surface area contributed by atoms with Crippen LogP contribution in [0.15, 0.2) is 54.7 Å². The van der Waals surface area contributed by atoms with Gasteiger partial charge in [-0.2, -0.15) is 0 Å². The van der Waals surface area contributed by atoms with Gasteiger partial charge in [0.25, 0.3) is 0 Å². The fourth-order valence-electron chi connectivity index (χ4n) is 2.85. The lowest BCUT2D eigenvalue weighted by atomic mass is 9.93. The second-order valence-electron chi connectivity index (χ2n) is 5.62. The Bertz CT molecular complexity index is 817. The Morgan fingerprint density at radius 2 is 1.83 bits per heavy atom. The highest BCUT2D eigenvalue weighted by atomic mass is 35.5. The molecule has 5 heteroatoms. The first-order chi connectivity index (χ1) is 11.6. The van der Waals surface area contributed by atoms with Crippen molar-refractivity contribution in [2.24, 2.45) is 0 Å². The first-order valence-corrected chi connectivity index (χ1v) is 8.04. The van der Waals surface area contributed by atoms with Crippen LogP contribution in [0.3, 0.4) is 0 Å². The lowest BCUT2D eigenvalue weighted by molar-refractivity contribution is -0.129. The van der Waals surface area contributed by atoms with Crippen molar-refractivity contribution in [3.8, 4) is 0 Å². The van der Waals surface area contributed by atoms with E-state index < -0.39 is 0 Å². The van der Waals surface area contributed by atoms with Crippen LogP contribution in [0.2, 0.25) is 5.02 Å². The average molecular weight is 341 g/mol. The molecule has 0 spiro atoms. The van der Waals surface area contributed by atoms with Gasteiger partial charge in [-0.05, 0) is 29.3 Å². The van der Waals surface area contributed by atoms with E-state index in [4.69, 9.17) is 11.6 Å². The molecule has 2 aromatic carbocycles. The standard InChI is InChI=1S/C19H17ClN2O2/c1-13(23)22-11-10-14-6-2-3-7-15(14)18(22)12-19(24)21-17-9-5-4-8-16(17)20/h2-11,18H,12H2,1H3,(H,21,24)/t18-/m1/s1. The van der Waals surface area contributed by atoms with Crippen LogP contribution in [0, 0.1) is 0 Å². The normalized spacial score (nSPS) is 15.8. The molecule has 122 valence electrons. The third-order valence-electron chi connectivity index (χ3n) is 4.00. The van der Waals surface area contributed by atoms with Gasteiger partial charge in [0, 0.05) is 13.1 Å². The molecule has 0 saturated carbocycles. The predicted molar refractivity (Wildman–Crippen MR) is 95.4 cm³/mol. The van der Waals surface area contributed by atoms with Crippen molar-refractivity contribution in [3.05, 3.63) is 70.9 Å². The monoisotopic (exact) mass is 340 g/mol. The second-order valence-corrected chi connectivity index (χ2v) is 6.03. The minimum Gasteiger partial charge on any atom is -0.325 e. The van der Waals surface area contributed by atoms with Crippen LogP contribution < -0.4 is 5.32 Å². The SMILES string of the molecule is CC(=O)N1C=Cc2ccccc2[C@H]1CC(=O)Nc1ccccc1Cl. The molecule has 0 radical (unpaired) electrons. The number of anilines is 1. The molecule has 1 atom stereocenters. The van der Waals surface area contributed by atoms with Crippen LogP contribution in [0.5, 0.6) is 0 Å². The maximum Gasteiger partial charge on any atom is 0.226 e. The number of hydrogen-bond acceptors (Lipinski definition) is 2. The number of para-hydroxylation sites is 1. The average Bonchev–Trinajstić information content (AvgIpc) is 2.57. The molecule has 1 N–H and O–H groups in total. The van der Waals surface area contributed by atoms with E-state index in [9.17, 15) is 9.59 Å². The van der Waals surface area contributed by atoms with E-state index in [-0.39, 0.29) is 24.3 Å². The summed E-state index contributed by atoms with van der Waals surface area (Å²) in [4.78, 5) is 26.0. The molecule has 2 aromatic rings. The van der Waals surface area contributed by atoms with Gasteiger partial charge in [0.1, 0.15) is 0 Å². The van der Waals surface area contributed by atoms with Crippen molar-refractivity contribution in [2.75, 3.05) is 5.32 Å². The maximum absolute atomic E-state index is 12.5. The van der Waals surface area contributed by atoms with Crippen LogP contribution in [-0.2, 0) is 9.59 Å². The van der Waals surface area contributed by atoms with E-state index in [1.165, 1.54) is 6.92 Å². The Labute approximate surface area is 145 Å². The summed E-state index contributed by atoms with van der Waals surface area (Å²) in [6.45, 7) is 1.50. The van der Waals surface area contributed by atoms with Crippen LogP contribution >= 0.6 is 11.6 Å². The van der Waals surface area contributed by atoms with Crippen molar-refractivity contribution < 1.29 is 9.59 Å². The van der Waals surface area contributed by atoms with Crippen molar-refractivity contribution in [1.29, 1.82) is 0 Å². The van der Waals surface area contributed by atoms with Gasteiger partial charge in [0.15, 0.2) is 0 Å². The third kappa shape index (κ3) is 3.34. The van der Waals surface area contributed by atoms with E-state index in [0.29, 0.717) is 10.7 Å². The van der Waals surface area contributed by atoms with Gasteiger partial charge in [-0.15, -0.1) is 0 Å². The quantitative estimate of drug-likeness (QED) is 0.908. The van der Waals surface area contributed by atoms with Gasteiger partial charge >= 0.3 is 0 Å². The first kappa shape index (κ1) is 16.3. The van der Waals surface area contributed by atoms with Crippen molar-refractivity contribution >= 4 is 35.2 Å². The van der Waals surface area contributed by atoms with E-state index in [0.717, 1.165) is 11.1 Å². The molecule has 0 aromatic heterocycles. The van der Waals surface area contributed by atoms with Crippen LogP contribution in [-0.4, -0.2) is 16.7 Å². The first-order valence-electron chi connectivity index (χ1n) is 7.66. The molecular formula is C19H17ClN2O2. The maximum atomic E-state index is 12.5. The van der Waals surface area contributed by atoms with E-state index in [1.54, 1.807) is 29.3 Å². The topological polar surface area (TPSA) is 49.4 Å². The van der Waals surface area contributed by atoms with Gasteiger partial charge in [-0.1, -0.05) is 48.0 Å². The number of carbonyl (C=O) groups is 2. The van der Waals surface area contributed by atoms with Crippen LogP contribution in [0.1, 0.15) is 30.5 Å². The fourth-order valence-corrected chi connectivity index (χ4v) is 3.04. The van der Waals surface area contributed by atoms with Crippen LogP contribution in [0.4, 0.5) is 5.69 Å². The third-order valence-corrected chi connectivity index (χ3v) is 4.33. The largest absolute Gasteiger partial charge is 0.325 e. The highest BCUT2D eigenvalue weighted by Crippen LogP contribution is 2.33. The molecule has 0 fully saturated rings. The highest BCUT2D eigenvalue weighted by molar-refractivity contribution is 6.33. The summed E-state index contributed by atoms with van der Waals surface area (Å²) < 4.78 is 0. The summed E-state index contributed by atoms with van der Waals surface area (Å²) in [7, 11) is 0. The Balaban J connectivity index is 1.83. The zero-order valence-corrected chi connectivity index (χ0v) is 14.0. The molecule has 1 aliphatic heterocycles. The number of amides is 2. The fraction of sp³-hybridized carbons (Fsp3) is 0.158. The number of carbonyl (C=O) groups excluding carboxylic acids is 2. The lowest BCUT2D eigenvalue weighted by Gasteiger charge is -2.32. The van der Waals surface area contributed by atoms with E-state index in [1.807, 2.05) is 36.4 Å². The van der Waals surface area contributed by atoms with Gasteiger partial charge in [-0.25, -0.2) is 0 Å². The Morgan fingerprint density at radius 3 is 2.58 bits per heavy atom. The number of halogens is 1. The summed E-state index contributed by atoms with van der Waals surface area (Å²) in [6.07, 6.45) is 3.78. The Kier molecular flexibility index (Phi) is 4.67. The molecule has 4 nitrogen and oxygen atoms in total. The number of hydrogen-bond donors (Lipinski definition) is 1. The highest BCUT2D eigenvalue weighted by Gasteiger charge is 2.28. The molecule has 2 amide bonds. The van der Waals surface area contributed by atoms with Crippen molar-refractivity contribution in [1.82, 2.24) is 4.90 Å². The zero-order chi connectivity index (χ0) is 17.1. The summed E-state index contributed by atoms with van der Waals surface area (Å²) in [6, 6.07) is 14.5. The summed E-state index contributed by atoms with van der Waals surface area (Å²) in [5, 5.41) is 3.30. The van der Waals surface area contributed by atoms with E-state index in [2.05, 4.69) is 5.32 Å². The Morgan fingerprint density at radius 1 is 1.12 bits per heavy atom. The van der Waals surface area contributed by atoms with Gasteiger partial charge in [0.2, 0.25) is 11.8 Å². The van der Waals surface area contributed by atoms with Gasteiger partial charge in [-0.3, -0.25) is 9.59 Å². The smallest absolute Gasteiger partial charge is 0.226 e. The minimum absolute atomic E-state index is 0.101. The molecule has 0 bridgehead atoms. The lowest BCUT2D eigenvalue weighted by Crippen LogP contribution is -2.33. The molecule has 0 saturated heterocycles. The minimum atomic E-state index is -0.328.